The minimum atomic E-state index is -6.53. The molecule has 1 rings (SSSR count). The average molecular weight is 339 g/mol. The topological polar surface area (TPSA) is 76.5 Å². The fourth-order valence-electron chi connectivity index (χ4n) is 1.20. The molecule has 1 heterocycles. The summed E-state index contributed by atoms with van der Waals surface area (Å²) in [6.45, 7) is 1.19. The van der Waals surface area contributed by atoms with Crippen molar-refractivity contribution < 1.29 is 44.0 Å². The second-order valence-corrected chi connectivity index (χ2v) is 5.34. The van der Waals surface area contributed by atoms with Gasteiger partial charge in [-0.1, -0.05) is 0 Å². The largest absolute Gasteiger partial charge is 0.523 e. The Balaban J connectivity index is 3.37. The summed E-state index contributed by atoms with van der Waals surface area (Å²) in [6.07, 6.45) is -9.12. The first-order chi connectivity index (χ1) is 9.25. The van der Waals surface area contributed by atoms with Gasteiger partial charge in [0, 0.05) is 5.69 Å². The zero-order chi connectivity index (χ0) is 16.6. The Labute approximate surface area is 114 Å². The Bertz CT molecular complexity index is 624. The smallest absolute Gasteiger partial charge is 0.506 e. The van der Waals surface area contributed by atoms with Gasteiger partial charge in [0.2, 0.25) is 6.10 Å². The van der Waals surface area contributed by atoms with Gasteiger partial charge in [0.25, 0.3) is 0 Å². The van der Waals surface area contributed by atoms with Crippen molar-refractivity contribution in [1.29, 1.82) is 0 Å². The molecule has 0 spiro atoms. The molecule has 0 saturated heterocycles. The van der Waals surface area contributed by atoms with Crippen LogP contribution in [0.25, 0.3) is 0 Å². The highest BCUT2D eigenvalue weighted by Crippen LogP contribution is 2.42. The number of aryl methyl sites for hydroxylation is 1. The van der Waals surface area contributed by atoms with Crippen LogP contribution < -0.4 is 0 Å². The molecule has 5 nitrogen and oxygen atoms in total. The lowest BCUT2D eigenvalue weighted by Gasteiger charge is -2.21. The number of rotatable bonds is 3. The first-order valence-corrected chi connectivity index (χ1v) is 6.39. The molecule has 0 radical (unpaired) electrons. The van der Waals surface area contributed by atoms with Crippen molar-refractivity contribution in [2.45, 2.75) is 24.7 Å². The van der Waals surface area contributed by atoms with Gasteiger partial charge in [-0.15, -0.1) is 0 Å². The zero-order valence-electron chi connectivity index (χ0n) is 10.0. The van der Waals surface area contributed by atoms with Crippen LogP contribution in [-0.4, -0.2) is 30.2 Å². The van der Waals surface area contributed by atoms with E-state index < -0.39 is 39.4 Å². The molecular weight excluding hydrogens is 332 g/mol. The van der Waals surface area contributed by atoms with Gasteiger partial charge >= 0.3 is 21.8 Å². The minimum Gasteiger partial charge on any atom is -0.506 e. The molecule has 12 heteroatoms. The Morgan fingerprint density at radius 3 is 2.14 bits per heavy atom. The van der Waals surface area contributed by atoms with E-state index in [0.29, 0.717) is 0 Å². The van der Waals surface area contributed by atoms with Gasteiger partial charge in [-0.2, -0.15) is 34.8 Å². The van der Waals surface area contributed by atoms with Gasteiger partial charge in [0.1, 0.15) is 11.4 Å². The molecule has 120 valence electrons. The van der Waals surface area contributed by atoms with Crippen LogP contribution >= 0.6 is 0 Å². The van der Waals surface area contributed by atoms with E-state index in [4.69, 9.17) is 0 Å². The quantitative estimate of drug-likeness (QED) is 0.520. The molecule has 1 atom stereocenters. The molecule has 0 aromatic carbocycles. The van der Waals surface area contributed by atoms with Crippen LogP contribution in [-0.2, 0) is 14.3 Å². The lowest BCUT2D eigenvalue weighted by atomic mass is 10.2. The van der Waals surface area contributed by atoms with Crippen molar-refractivity contribution >= 4 is 10.1 Å². The van der Waals surface area contributed by atoms with Gasteiger partial charge in [0.05, 0.1) is 0 Å². The maximum Gasteiger partial charge on any atom is 0.523 e. The third kappa shape index (κ3) is 3.97. The molecule has 1 N–H and O–H groups in total. The van der Waals surface area contributed by atoms with Crippen LogP contribution in [0, 0.1) is 6.92 Å². The van der Waals surface area contributed by atoms with E-state index in [1.165, 1.54) is 6.92 Å². The highest BCUT2D eigenvalue weighted by Gasteiger charge is 2.55. The van der Waals surface area contributed by atoms with E-state index in [0.717, 1.165) is 12.1 Å². The number of hydrogen-bond donors (Lipinski definition) is 1. The number of aromatic hydroxyl groups is 1. The first kappa shape index (κ1) is 17.5. The van der Waals surface area contributed by atoms with Crippen LogP contribution in [0.2, 0.25) is 0 Å². The van der Waals surface area contributed by atoms with Gasteiger partial charge in [-0.25, -0.2) is 4.18 Å². The van der Waals surface area contributed by atoms with Crippen LogP contribution in [0.5, 0.6) is 5.75 Å². The summed E-state index contributed by atoms with van der Waals surface area (Å²) >= 11 is 0. The van der Waals surface area contributed by atoms with Crippen molar-refractivity contribution in [3.05, 3.63) is 23.5 Å². The number of pyridine rings is 1. The summed E-state index contributed by atoms with van der Waals surface area (Å²) in [4.78, 5) is 3.18. The molecule has 1 unspecified atom stereocenters. The van der Waals surface area contributed by atoms with Crippen molar-refractivity contribution in [3.63, 3.8) is 0 Å². The third-order valence-electron chi connectivity index (χ3n) is 2.09. The summed E-state index contributed by atoms with van der Waals surface area (Å²) < 4.78 is 99.2. The molecule has 0 amide bonds. The van der Waals surface area contributed by atoms with E-state index in [9.17, 15) is 39.9 Å². The van der Waals surface area contributed by atoms with E-state index in [2.05, 4.69) is 9.17 Å². The predicted octanol–water partition coefficient (Wildman–Crippen LogP) is 2.57. The highest BCUT2D eigenvalue weighted by molar-refractivity contribution is 7.87. The average Bonchev–Trinajstić information content (AvgIpc) is 2.26. The Morgan fingerprint density at radius 2 is 1.71 bits per heavy atom. The molecule has 0 aliphatic rings. The SMILES string of the molecule is Cc1ccc(O)c(C(OS(=O)(=O)C(F)(F)F)C(F)(F)F)n1. The van der Waals surface area contributed by atoms with Crippen molar-refractivity contribution in [3.8, 4) is 5.75 Å². The maximum atomic E-state index is 12.7. The summed E-state index contributed by atoms with van der Waals surface area (Å²) in [5.74, 6) is -1.15. The molecule has 0 aliphatic carbocycles. The van der Waals surface area contributed by atoms with Crippen molar-refractivity contribution in [2.24, 2.45) is 0 Å². The van der Waals surface area contributed by atoms with Gasteiger partial charge in [-0.3, -0.25) is 4.98 Å². The van der Waals surface area contributed by atoms with E-state index in [1.807, 2.05) is 0 Å². The fraction of sp³-hybridized carbons (Fsp3) is 0.444. The number of aromatic nitrogens is 1. The van der Waals surface area contributed by atoms with Crippen molar-refractivity contribution in [1.82, 2.24) is 4.98 Å². The van der Waals surface area contributed by atoms with E-state index >= 15 is 0 Å². The summed E-state index contributed by atoms with van der Waals surface area (Å²) in [7, 11) is -6.53. The number of nitrogens with zero attached hydrogens (tertiary/aromatic N) is 1. The highest BCUT2D eigenvalue weighted by atomic mass is 32.2. The maximum absolute atomic E-state index is 12.7. The molecule has 0 bridgehead atoms. The Kier molecular flexibility index (Phi) is 4.44. The Hall–Kier alpha value is -1.56. The normalized spacial score (nSPS) is 15.0. The molecule has 0 aliphatic heterocycles. The van der Waals surface area contributed by atoms with Gasteiger partial charge < -0.3 is 5.11 Å². The first-order valence-electron chi connectivity index (χ1n) is 4.98. The van der Waals surface area contributed by atoms with Gasteiger partial charge in [0.15, 0.2) is 0 Å². The predicted molar refractivity (Wildman–Crippen MR) is 55.5 cm³/mol. The molecule has 1 aromatic heterocycles. The lowest BCUT2D eigenvalue weighted by Crippen LogP contribution is -2.33. The lowest BCUT2D eigenvalue weighted by molar-refractivity contribution is -0.201. The zero-order valence-corrected chi connectivity index (χ0v) is 10.8. The van der Waals surface area contributed by atoms with Crippen LogP contribution in [0.1, 0.15) is 17.5 Å². The van der Waals surface area contributed by atoms with Gasteiger partial charge in [-0.05, 0) is 19.1 Å². The van der Waals surface area contributed by atoms with Crippen molar-refractivity contribution in [2.75, 3.05) is 0 Å². The molecule has 21 heavy (non-hydrogen) atoms. The van der Waals surface area contributed by atoms with Crippen LogP contribution in [0.4, 0.5) is 26.3 Å². The van der Waals surface area contributed by atoms with E-state index in [1.54, 1.807) is 0 Å². The third-order valence-corrected chi connectivity index (χ3v) is 3.11. The monoisotopic (exact) mass is 339 g/mol. The molecule has 0 fully saturated rings. The number of alkyl halides is 6. The molecule has 0 saturated carbocycles. The summed E-state index contributed by atoms with van der Waals surface area (Å²) in [5.41, 5.74) is -7.52. The van der Waals surface area contributed by atoms with Crippen LogP contribution in [0.15, 0.2) is 12.1 Å². The second-order valence-electron chi connectivity index (χ2n) is 3.77. The van der Waals surface area contributed by atoms with Crippen LogP contribution in [0.3, 0.4) is 0 Å². The second kappa shape index (κ2) is 5.33. The summed E-state index contributed by atoms with van der Waals surface area (Å²) in [6, 6.07) is 1.80. The molecular formula is C9H7F6NO4S. The minimum absolute atomic E-state index is 0.0925. The number of hydrogen-bond acceptors (Lipinski definition) is 5. The molecule has 1 aromatic rings. The fourth-order valence-corrected chi connectivity index (χ4v) is 1.76. The van der Waals surface area contributed by atoms with E-state index in [-0.39, 0.29) is 5.69 Å². The number of halogens is 6. The standard InChI is InChI=1S/C9H7F6NO4S/c1-4-2-3-5(17)6(16-4)7(8(10,11)12)20-21(18,19)9(13,14)15/h2-3,7,17H,1H3. The Morgan fingerprint density at radius 1 is 1.19 bits per heavy atom. The summed E-state index contributed by atoms with van der Waals surface area (Å²) in [5, 5.41) is 9.25.